The highest BCUT2D eigenvalue weighted by atomic mass is 32.1. The number of aliphatic hydroxyl groups is 1. The summed E-state index contributed by atoms with van der Waals surface area (Å²) < 4.78 is 0. The van der Waals surface area contributed by atoms with E-state index < -0.39 is 41.4 Å². The molecule has 12 heteroatoms. The Bertz CT molecular complexity index is 1240. The summed E-state index contributed by atoms with van der Waals surface area (Å²) in [5, 5.41) is 25.1. The largest absolute Gasteiger partial charge is 0.481 e. The predicted octanol–water partition coefficient (Wildman–Crippen LogP) is 2.19. The zero-order valence-corrected chi connectivity index (χ0v) is 25.3. The second kappa shape index (κ2) is 13.5. The first-order chi connectivity index (χ1) is 19.2. The molecule has 3 rings (SSSR count). The second-order valence-electron chi connectivity index (χ2n) is 11.8. The van der Waals surface area contributed by atoms with Crippen molar-refractivity contribution in [2.75, 3.05) is 26.7 Å². The van der Waals surface area contributed by atoms with Crippen LogP contribution in [0.3, 0.4) is 0 Å². The maximum atomic E-state index is 13.7. The Labute approximate surface area is 244 Å². The minimum Gasteiger partial charge on any atom is -0.481 e. The Kier molecular flexibility index (Phi) is 10.6. The zero-order valence-electron chi connectivity index (χ0n) is 24.5. The third-order valence-corrected chi connectivity index (χ3v) is 8.16. The summed E-state index contributed by atoms with van der Waals surface area (Å²) in [5.41, 5.74) is 4.02. The average Bonchev–Trinajstić information content (AvgIpc) is 3.50. The molecule has 0 radical (unpaired) electrons. The fourth-order valence-corrected chi connectivity index (χ4v) is 5.64. The van der Waals surface area contributed by atoms with Gasteiger partial charge in [0.25, 0.3) is 0 Å². The minimum absolute atomic E-state index is 0.0187. The number of aliphatic hydroxyl groups excluding tert-OH is 1. The summed E-state index contributed by atoms with van der Waals surface area (Å²) in [6.07, 6.45) is -0.885. The third-order valence-electron chi connectivity index (χ3n) is 7.18. The fraction of sp³-hybridized carbons (Fsp3) is 0.552. The highest BCUT2D eigenvalue weighted by Gasteiger charge is 2.44. The fourth-order valence-electron chi connectivity index (χ4n) is 4.83. The van der Waals surface area contributed by atoms with Crippen molar-refractivity contribution >= 4 is 35.0 Å². The summed E-state index contributed by atoms with van der Waals surface area (Å²) in [6.45, 7) is 9.34. The summed E-state index contributed by atoms with van der Waals surface area (Å²) in [4.78, 5) is 59.0. The van der Waals surface area contributed by atoms with Gasteiger partial charge >= 0.3 is 5.97 Å². The van der Waals surface area contributed by atoms with Crippen LogP contribution in [0.5, 0.6) is 0 Å². The summed E-state index contributed by atoms with van der Waals surface area (Å²) in [7, 11) is 1.63. The number of thiazole rings is 1. The van der Waals surface area contributed by atoms with E-state index in [4.69, 9.17) is 5.11 Å². The van der Waals surface area contributed by atoms with Crippen molar-refractivity contribution in [2.45, 2.75) is 71.7 Å². The molecule has 1 aromatic carbocycles. The van der Waals surface area contributed by atoms with Crippen LogP contribution in [0.25, 0.3) is 10.4 Å². The number of benzene rings is 1. The maximum Gasteiger partial charge on any atom is 0.304 e. The second-order valence-corrected chi connectivity index (χ2v) is 12.6. The molecular formula is C29H41N5O6S. The van der Waals surface area contributed by atoms with Gasteiger partial charge < -0.3 is 25.7 Å². The van der Waals surface area contributed by atoms with E-state index in [-0.39, 0.29) is 44.4 Å². The molecule has 4 atom stereocenters. The number of β-amino-alcohol motifs (C(OH)–C–C–N with tert-alkyl or cyclic N) is 1. The van der Waals surface area contributed by atoms with E-state index in [0.29, 0.717) is 0 Å². The highest BCUT2D eigenvalue weighted by Crippen LogP contribution is 2.29. The van der Waals surface area contributed by atoms with E-state index in [1.807, 2.05) is 58.9 Å². The third kappa shape index (κ3) is 8.57. The number of hydrogen-bond acceptors (Lipinski definition) is 8. The maximum absolute atomic E-state index is 13.7. The number of hydrogen-bond donors (Lipinski definition) is 4. The molecule has 0 aliphatic carbocycles. The molecule has 1 aliphatic heterocycles. The summed E-state index contributed by atoms with van der Waals surface area (Å²) in [6, 6.07) is 5.69. The molecule has 1 aromatic heterocycles. The number of aryl methyl sites for hydroxylation is 1. The quantitative estimate of drug-likeness (QED) is 0.312. The zero-order chi connectivity index (χ0) is 30.5. The Balaban J connectivity index is 1.68. The molecule has 41 heavy (non-hydrogen) atoms. The first-order valence-corrected chi connectivity index (χ1v) is 14.5. The molecule has 0 saturated carbocycles. The number of nitrogens with zero attached hydrogens (tertiary/aromatic N) is 3. The SMILES string of the molecule is Cc1ncsc1-c1ccc([C@H](C)NC(=O)[C@@H]2C[C@@H](O)CN2C(=O)[C@@H](NC(=O)CN(C)CCC(=O)O)C(C)(C)C)cc1. The molecule has 4 N–H and O–H groups in total. The number of amides is 3. The number of rotatable bonds is 11. The van der Waals surface area contributed by atoms with Gasteiger partial charge in [-0.05, 0) is 37.4 Å². The van der Waals surface area contributed by atoms with Gasteiger partial charge in [-0.25, -0.2) is 4.98 Å². The van der Waals surface area contributed by atoms with Crippen molar-refractivity contribution in [2.24, 2.45) is 5.41 Å². The van der Waals surface area contributed by atoms with Gasteiger partial charge in [0.05, 0.1) is 41.2 Å². The monoisotopic (exact) mass is 587 g/mol. The number of carboxylic acid groups (broad SMARTS) is 1. The van der Waals surface area contributed by atoms with Crippen molar-refractivity contribution in [3.8, 4) is 10.4 Å². The van der Waals surface area contributed by atoms with Crippen molar-refractivity contribution in [3.05, 3.63) is 41.0 Å². The predicted molar refractivity (Wildman–Crippen MR) is 156 cm³/mol. The van der Waals surface area contributed by atoms with Crippen LogP contribution in [-0.2, 0) is 19.2 Å². The topological polar surface area (TPSA) is 152 Å². The number of aromatic nitrogens is 1. The van der Waals surface area contributed by atoms with Gasteiger partial charge in [0.2, 0.25) is 17.7 Å². The smallest absolute Gasteiger partial charge is 0.304 e. The van der Waals surface area contributed by atoms with Gasteiger partial charge in [-0.1, -0.05) is 45.0 Å². The number of likely N-dealkylation sites (tertiary alicyclic amines) is 1. The number of carboxylic acids is 1. The van der Waals surface area contributed by atoms with E-state index in [0.717, 1.165) is 21.7 Å². The minimum atomic E-state index is -0.964. The number of nitrogens with one attached hydrogen (secondary N) is 2. The molecule has 3 amide bonds. The Morgan fingerprint density at radius 3 is 2.39 bits per heavy atom. The lowest BCUT2D eigenvalue weighted by Gasteiger charge is -2.35. The molecule has 0 spiro atoms. The lowest BCUT2D eigenvalue weighted by molar-refractivity contribution is -0.144. The standard InChI is InChI=1S/C29H41N5O6S/c1-17(19-7-9-20(10-8-19)25-18(2)30-16-41-25)31-27(39)22-13-21(35)14-34(22)28(40)26(29(3,4)5)32-23(36)15-33(6)12-11-24(37)38/h7-10,16-17,21-22,26,35H,11-15H2,1-6H3,(H,31,39)(H,32,36)(H,37,38)/t17-,21+,22-,26+/m0/s1. The van der Waals surface area contributed by atoms with Crippen LogP contribution >= 0.6 is 11.3 Å². The van der Waals surface area contributed by atoms with Gasteiger partial charge in [-0.15, -0.1) is 11.3 Å². The van der Waals surface area contributed by atoms with Gasteiger partial charge in [0, 0.05) is 19.5 Å². The number of aliphatic carboxylic acids is 1. The Morgan fingerprint density at radius 1 is 1.17 bits per heavy atom. The first kappa shape index (κ1) is 32.2. The van der Waals surface area contributed by atoms with Crippen LogP contribution in [0.1, 0.15) is 57.8 Å². The van der Waals surface area contributed by atoms with E-state index in [1.54, 1.807) is 28.8 Å². The highest BCUT2D eigenvalue weighted by molar-refractivity contribution is 7.13. The summed E-state index contributed by atoms with van der Waals surface area (Å²) in [5.74, 6) is -2.23. The molecule has 0 bridgehead atoms. The molecule has 2 heterocycles. The van der Waals surface area contributed by atoms with Crippen LogP contribution in [0, 0.1) is 12.3 Å². The number of carbonyl (C=O) groups is 4. The van der Waals surface area contributed by atoms with Crippen LogP contribution in [0.4, 0.5) is 0 Å². The van der Waals surface area contributed by atoms with Crippen LogP contribution in [-0.4, -0.2) is 93.6 Å². The van der Waals surface area contributed by atoms with Crippen LogP contribution < -0.4 is 10.6 Å². The Morgan fingerprint density at radius 2 is 1.83 bits per heavy atom. The normalized spacial score (nSPS) is 18.7. The van der Waals surface area contributed by atoms with E-state index >= 15 is 0 Å². The molecule has 11 nitrogen and oxygen atoms in total. The van der Waals surface area contributed by atoms with Gasteiger partial charge in [0.15, 0.2) is 0 Å². The average molecular weight is 588 g/mol. The summed E-state index contributed by atoms with van der Waals surface area (Å²) >= 11 is 1.57. The van der Waals surface area contributed by atoms with Crippen LogP contribution in [0.2, 0.25) is 0 Å². The molecule has 1 fully saturated rings. The van der Waals surface area contributed by atoms with Crippen LogP contribution in [0.15, 0.2) is 29.8 Å². The molecule has 1 aliphatic rings. The lowest BCUT2D eigenvalue weighted by Crippen LogP contribution is -2.58. The first-order valence-electron chi connectivity index (χ1n) is 13.7. The Hall–Kier alpha value is -3.35. The van der Waals surface area contributed by atoms with Gasteiger partial charge in [-0.2, -0.15) is 0 Å². The van der Waals surface area contributed by atoms with E-state index in [2.05, 4.69) is 15.6 Å². The molecule has 224 valence electrons. The molecule has 1 saturated heterocycles. The van der Waals surface area contributed by atoms with E-state index in [9.17, 15) is 24.3 Å². The molecule has 2 aromatic rings. The van der Waals surface area contributed by atoms with Crippen molar-refractivity contribution in [3.63, 3.8) is 0 Å². The van der Waals surface area contributed by atoms with Crippen molar-refractivity contribution < 1.29 is 29.4 Å². The van der Waals surface area contributed by atoms with Crippen molar-refractivity contribution in [1.82, 2.24) is 25.4 Å². The lowest BCUT2D eigenvalue weighted by atomic mass is 9.85. The van der Waals surface area contributed by atoms with Gasteiger partial charge in [0.1, 0.15) is 12.1 Å². The van der Waals surface area contributed by atoms with Gasteiger partial charge in [-0.3, -0.25) is 24.1 Å². The molecular weight excluding hydrogens is 546 g/mol. The number of carbonyl (C=O) groups excluding carboxylic acids is 3. The molecule has 0 unspecified atom stereocenters. The van der Waals surface area contributed by atoms with Crippen molar-refractivity contribution in [1.29, 1.82) is 0 Å². The van der Waals surface area contributed by atoms with E-state index in [1.165, 1.54) is 4.90 Å². The number of likely N-dealkylation sites (N-methyl/N-ethyl adjacent to an activating group) is 1.